The number of benzene rings is 3. The summed E-state index contributed by atoms with van der Waals surface area (Å²) in [6.45, 7) is 0. The van der Waals surface area contributed by atoms with Gasteiger partial charge in [-0.25, -0.2) is 4.21 Å². The van der Waals surface area contributed by atoms with Gasteiger partial charge < -0.3 is 8.60 Å². The summed E-state index contributed by atoms with van der Waals surface area (Å²) in [5.74, 6) is 3.81. The first-order chi connectivity index (χ1) is 12.4. The zero-order valence-corrected chi connectivity index (χ0v) is 14.9. The van der Waals surface area contributed by atoms with Gasteiger partial charge in [0, 0.05) is 12.3 Å². The summed E-state index contributed by atoms with van der Waals surface area (Å²) in [4.78, 5) is 13.0. The molecule has 130 valence electrons. The van der Waals surface area contributed by atoms with Gasteiger partial charge in [0.05, 0.1) is 10.9 Å². The summed E-state index contributed by atoms with van der Waals surface area (Å²) in [7, 11) is -2.65. The second kappa shape index (κ2) is 6.04. The molecule has 1 aromatic heterocycles. The van der Waals surface area contributed by atoms with E-state index >= 15 is 0 Å². The molecule has 0 aliphatic heterocycles. The van der Waals surface area contributed by atoms with E-state index in [0.29, 0.717) is 22.3 Å². The van der Waals surface area contributed by atoms with Crippen LogP contribution in [0.25, 0.3) is 32.9 Å². The zero-order chi connectivity index (χ0) is 18.3. The molecule has 0 N–H and O–H groups in total. The van der Waals surface area contributed by atoms with E-state index < -0.39 is 9.80 Å². The monoisotopic (exact) mass is 364 g/mol. The van der Waals surface area contributed by atoms with Gasteiger partial charge in [0.1, 0.15) is 27.4 Å². The average molecular weight is 364 g/mol. The number of hydrogen-bond donors (Lipinski definition) is 0. The third-order valence-electron chi connectivity index (χ3n) is 4.10. The van der Waals surface area contributed by atoms with Gasteiger partial charge in [-0.1, -0.05) is 42.5 Å². The highest BCUT2D eigenvalue weighted by atomic mass is 32.2. The Balaban J connectivity index is 1.91. The molecule has 0 amide bonds. The van der Waals surface area contributed by atoms with Gasteiger partial charge in [0.15, 0.2) is 0 Å². The average Bonchev–Trinajstić information content (AvgIpc) is 2.60. The molecular weight excluding hydrogens is 348 g/mol. The molecule has 0 saturated carbocycles. The van der Waals surface area contributed by atoms with Crippen LogP contribution in [0.1, 0.15) is 0 Å². The zero-order valence-electron chi connectivity index (χ0n) is 14.1. The molecule has 5 heteroatoms. The minimum Gasteiger partial charge on any atom is -0.463 e. The molecule has 0 spiro atoms. The fraction of sp³-hybridized carbons (Fsp3) is 0.0476. The lowest BCUT2D eigenvalue weighted by atomic mass is 9.98. The molecular formula is C21H16O4S. The van der Waals surface area contributed by atoms with Crippen LogP contribution in [-0.4, -0.2) is 16.3 Å². The Morgan fingerprint density at radius 1 is 0.962 bits per heavy atom. The van der Waals surface area contributed by atoms with Crippen molar-refractivity contribution in [3.8, 4) is 16.9 Å². The van der Waals surface area contributed by atoms with E-state index in [2.05, 4.69) is 5.87 Å². The molecule has 4 rings (SSSR count). The fourth-order valence-corrected chi connectivity index (χ4v) is 3.52. The second-order valence-electron chi connectivity index (χ2n) is 6.17. The molecule has 1 unspecified atom stereocenters. The van der Waals surface area contributed by atoms with Crippen LogP contribution in [0.5, 0.6) is 5.75 Å². The van der Waals surface area contributed by atoms with Crippen LogP contribution in [0.15, 0.2) is 76.1 Å². The van der Waals surface area contributed by atoms with Crippen molar-refractivity contribution >= 4 is 37.4 Å². The normalized spacial score (nSPS) is 13.6. The molecule has 4 aromatic rings. The van der Waals surface area contributed by atoms with Gasteiger partial charge in [-0.3, -0.25) is 4.79 Å². The van der Waals surface area contributed by atoms with Gasteiger partial charge in [-0.2, -0.15) is 0 Å². The summed E-state index contributed by atoms with van der Waals surface area (Å²) >= 11 is 0. The fourth-order valence-electron chi connectivity index (χ4n) is 3.01. The maximum absolute atomic E-state index is 13.0. The minimum atomic E-state index is -2.65. The number of rotatable bonds is 3. The van der Waals surface area contributed by atoms with Crippen molar-refractivity contribution in [3.63, 3.8) is 0 Å². The Morgan fingerprint density at radius 3 is 2.54 bits per heavy atom. The first-order valence-electron chi connectivity index (χ1n) is 7.98. The smallest absolute Gasteiger partial charge is 0.200 e. The van der Waals surface area contributed by atoms with Crippen LogP contribution < -0.4 is 9.61 Å². The Hall–Kier alpha value is -3.05. The number of hydrogen-bond acceptors (Lipinski definition) is 4. The highest BCUT2D eigenvalue weighted by Crippen LogP contribution is 2.28. The largest absolute Gasteiger partial charge is 0.463 e. The summed E-state index contributed by atoms with van der Waals surface area (Å²) < 4.78 is 22.7. The maximum atomic E-state index is 13.0. The Morgan fingerprint density at radius 2 is 1.73 bits per heavy atom. The topological polar surface area (TPSA) is 56.5 Å². The Kier molecular flexibility index (Phi) is 3.81. The van der Waals surface area contributed by atoms with Crippen LogP contribution in [0.2, 0.25) is 0 Å². The molecule has 4 nitrogen and oxygen atoms in total. The molecule has 1 heterocycles. The van der Waals surface area contributed by atoms with Gasteiger partial charge in [-0.15, -0.1) is 0 Å². The van der Waals surface area contributed by atoms with Crippen molar-refractivity contribution < 1.29 is 12.8 Å². The molecule has 0 aliphatic carbocycles. The molecule has 1 atom stereocenters. The van der Waals surface area contributed by atoms with Gasteiger partial charge in [0.2, 0.25) is 5.43 Å². The van der Waals surface area contributed by atoms with E-state index in [9.17, 15) is 9.00 Å². The van der Waals surface area contributed by atoms with Crippen LogP contribution in [-0.2, 0) is 9.80 Å². The van der Waals surface area contributed by atoms with Crippen LogP contribution in [0.3, 0.4) is 0 Å². The van der Waals surface area contributed by atoms with Crippen LogP contribution in [0.4, 0.5) is 0 Å². The SMILES string of the molecule is C=S(C)(=O)Oc1ccc2c(=O)c(-c3cccc4ccccc34)coc2c1. The van der Waals surface area contributed by atoms with E-state index in [4.69, 9.17) is 8.60 Å². The van der Waals surface area contributed by atoms with E-state index in [0.717, 1.165) is 16.3 Å². The molecule has 0 bridgehead atoms. The lowest BCUT2D eigenvalue weighted by Gasteiger charge is -2.09. The highest BCUT2D eigenvalue weighted by molar-refractivity contribution is 7.95. The summed E-state index contributed by atoms with van der Waals surface area (Å²) in [5, 5.41) is 2.49. The first kappa shape index (κ1) is 16.4. The summed E-state index contributed by atoms with van der Waals surface area (Å²) in [5.41, 5.74) is 1.58. The van der Waals surface area contributed by atoms with Gasteiger partial charge in [0.25, 0.3) is 0 Å². The quantitative estimate of drug-likeness (QED) is 0.510. The van der Waals surface area contributed by atoms with Crippen molar-refractivity contribution in [1.29, 1.82) is 0 Å². The van der Waals surface area contributed by atoms with Crippen molar-refractivity contribution in [3.05, 3.63) is 77.2 Å². The standard InChI is InChI=1S/C21H16O4S/c1-26(2,23)25-15-10-11-18-20(12-15)24-13-19(21(18)22)17-9-5-7-14-6-3-4-8-16(14)17/h3-13H,1H2,2H3. The van der Waals surface area contributed by atoms with Crippen LogP contribution in [0, 0.1) is 0 Å². The molecule has 0 saturated heterocycles. The predicted octanol–water partition coefficient (Wildman–Crippen LogP) is 4.25. The van der Waals surface area contributed by atoms with E-state index in [1.54, 1.807) is 18.2 Å². The first-order valence-corrected chi connectivity index (χ1v) is 10.0. The van der Waals surface area contributed by atoms with Gasteiger partial charge >= 0.3 is 0 Å². The lowest BCUT2D eigenvalue weighted by Crippen LogP contribution is -2.07. The number of fused-ring (bicyclic) bond motifs is 2. The van der Waals surface area contributed by atoms with Crippen molar-refractivity contribution in [2.45, 2.75) is 0 Å². The van der Waals surface area contributed by atoms with Crippen molar-refractivity contribution in [2.75, 3.05) is 6.26 Å². The third kappa shape index (κ3) is 2.97. The molecule has 0 fully saturated rings. The Bertz CT molecular complexity index is 1300. The maximum Gasteiger partial charge on any atom is 0.200 e. The third-order valence-corrected chi connectivity index (χ3v) is 4.64. The van der Waals surface area contributed by atoms with Crippen molar-refractivity contribution in [1.82, 2.24) is 0 Å². The summed E-state index contributed by atoms with van der Waals surface area (Å²) in [6.07, 6.45) is 2.86. The predicted molar refractivity (Wildman–Crippen MR) is 107 cm³/mol. The molecule has 26 heavy (non-hydrogen) atoms. The van der Waals surface area contributed by atoms with E-state index in [1.165, 1.54) is 12.5 Å². The van der Waals surface area contributed by atoms with Crippen molar-refractivity contribution in [2.24, 2.45) is 0 Å². The molecule has 0 radical (unpaired) electrons. The van der Waals surface area contributed by atoms with Gasteiger partial charge in [-0.05, 0) is 34.3 Å². The van der Waals surface area contributed by atoms with Crippen LogP contribution >= 0.6 is 0 Å². The summed E-state index contributed by atoms with van der Waals surface area (Å²) in [6, 6.07) is 18.5. The second-order valence-corrected chi connectivity index (χ2v) is 8.19. The van der Waals surface area contributed by atoms with E-state index in [-0.39, 0.29) is 5.43 Å². The molecule has 3 aromatic carbocycles. The lowest BCUT2D eigenvalue weighted by molar-refractivity contribution is 0.560. The van der Waals surface area contributed by atoms with E-state index in [1.807, 2.05) is 42.5 Å². The molecule has 0 aliphatic rings. The minimum absolute atomic E-state index is 0.124. The highest BCUT2D eigenvalue weighted by Gasteiger charge is 2.12. The Labute approximate surface area is 150 Å².